The molecule has 1 aliphatic heterocycles. The van der Waals surface area contributed by atoms with Crippen LogP contribution in [0.15, 0.2) is 17.3 Å². The molecule has 10 heavy (non-hydrogen) atoms. The fourth-order valence-electron chi connectivity index (χ4n) is 0.982. The van der Waals surface area contributed by atoms with Crippen molar-refractivity contribution in [3.05, 3.63) is 22.8 Å². The second-order valence-corrected chi connectivity index (χ2v) is 2.52. The quantitative estimate of drug-likeness (QED) is 0.558. The van der Waals surface area contributed by atoms with Crippen molar-refractivity contribution in [2.75, 3.05) is 0 Å². The van der Waals surface area contributed by atoms with Crippen molar-refractivity contribution in [3.8, 4) is 0 Å². The van der Waals surface area contributed by atoms with Crippen LogP contribution >= 0.6 is 11.6 Å². The Hall–Kier alpha value is -0.890. The van der Waals surface area contributed by atoms with E-state index in [0.717, 1.165) is 22.8 Å². The number of nitrogens with zero attached hydrogens (tertiary/aromatic N) is 2. The topological polar surface area (TPSA) is 25.2 Å². The molecule has 2 rings (SSSR count). The van der Waals surface area contributed by atoms with E-state index >= 15 is 0 Å². The smallest absolute Gasteiger partial charge is 0.156 e. The van der Waals surface area contributed by atoms with Gasteiger partial charge in [0.25, 0.3) is 0 Å². The predicted octanol–water partition coefficient (Wildman–Crippen LogP) is 1.99. The van der Waals surface area contributed by atoms with Crippen LogP contribution in [0.1, 0.15) is 5.56 Å². The Morgan fingerprint density at radius 3 is 3.20 bits per heavy atom. The number of rotatable bonds is 0. The zero-order valence-corrected chi connectivity index (χ0v) is 5.97. The predicted molar refractivity (Wildman–Crippen MR) is 41.1 cm³/mol. The molecule has 50 valence electrons. The van der Waals surface area contributed by atoms with E-state index in [-0.39, 0.29) is 0 Å². The van der Waals surface area contributed by atoms with Gasteiger partial charge in [0.2, 0.25) is 0 Å². The fraction of sp³-hybridized carbons (Fsp3) is 0.143. The first-order chi connectivity index (χ1) is 4.88. The van der Waals surface area contributed by atoms with E-state index in [0.29, 0.717) is 0 Å². The fourth-order valence-corrected chi connectivity index (χ4v) is 1.20. The molecule has 0 spiro atoms. The summed E-state index contributed by atoms with van der Waals surface area (Å²) in [6, 6.07) is 1.79. The Morgan fingerprint density at radius 1 is 1.50 bits per heavy atom. The van der Waals surface area contributed by atoms with E-state index in [9.17, 15) is 0 Å². The molecule has 0 saturated carbocycles. The van der Waals surface area contributed by atoms with Crippen LogP contribution < -0.4 is 0 Å². The summed E-state index contributed by atoms with van der Waals surface area (Å²) in [7, 11) is 0. The summed E-state index contributed by atoms with van der Waals surface area (Å²) in [6.45, 7) is 0. The summed E-state index contributed by atoms with van der Waals surface area (Å²) >= 11 is 5.85. The minimum atomic E-state index is 0.766. The molecule has 0 aliphatic carbocycles. The van der Waals surface area contributed by atoms with Gasteiger partial charge in [0, 0.05) is 29.4 Å². The molecule has 0 unspecified atom stereocenters. The van der Waals surface area contributed by atoms with Crippen LogP contribution in [0.5, 0.6) is 0 Å². The molecule has 2 heterocycles. The van der Waals surface area contributed by atoms with Gasteiger partial charge in [-0.05, 0) is 6.07 Å². The molecule has 0 amide bonds. The molecule has 1 aromatic rings. The van der Waals surface area contributed by atoms with Crippen LogP contribution in [0.25, 0.3) is 0 Å². The number of hydrogen-bond acceptors (Lipinski definition) is 2. The highest BCUT2D eigenvalue weighted by atomic mass is 35.5. The third-order valence-corrected chi connectivity index (χ3v) is 1.84. The number of hydrogen-bond donors (Lipinski definition) is 0. The van der Waals surface area contributed by atoms with Gasteiger partial charge in [0.15, 0.2) is 5.82 Å². The molecule has 3 heteroatoms. The van der Waals surface area contributed by atoms with Gasteiger partial charge in [0.1, 0.15) is 0 Å². The lowest BCUT2D eigenvalue weighted by Gasteiger charge is -1.95. The Kier molecular flexibility index (Phi) is 1.21. The lowest BCUT2D eigenvalue weighted by molar-refractivity contribution is 1.25. The third-order valence-electron chi connectivity index (χ3n) is 1.48. The normalized spacial score (nSPS) is 13.7. The van der Waals surface area contributed by atoms with Gasteiger partial charge in [-0.25, -0.2) is 9.98 Å². The third kappa shape index (κ3) is 0.727. The van der Waals surface area contributed by atoms with E-state index in [1.807, 2.05) is 6.21 Å². The van der Waals surface area contributed by atoms with E-state index < -0.39 is 0 Å². The zero-order valence-electron chi connectivity index (χ0n) is 5.21. The van der Waals surface area contributed by atoms with E-state index in [4.69, 9.17) is 11.6 Å². The lowest BCUT2D eigenvalue weighted by Crippen LogP contribution is -1.81. The SMILES string of the molecule is Clc1ccnc2c1CC=N2. The van der Waals surface area contributed by atoms with Crippen LogP contribution in [0.3, 0.4) is 0 Å². The van der Waals surface area contributed by atoms with Gasteiger partial charge in [-0.1, -0.05) is 11.6 Å². The molecule has 1 aromatic heterocycles. The highest BCUT2D eigenvalue weighted by Crippen LogP contribution is 2.27. The Labute approximate surface area is 63.6 Å². The highest BCUT2D eigenvalue weighted by molar-refractivity contribution is 6.31. The molecule has 0 N–H and O–H groups in total. The summed E-state index contributed by atoms with van der Waals surface area (Å²) in [5.41, 5.74) is 1.05. The Balaban J connectivity index is 2.66. The van der Waals surface area contributed by atoms with Crippen molar-refractivity contribution in [2.45, 2.75) is 6.42 Å². The number of aliphatic imine (C=N–C) groups is 1. The van der Waals surface area contributed by atoms with Gasteiger partial charge < -0.3 is 0 Å². The minimum absolute atomic E-state index is 0.766. The van der Waals surface area contributed by atoms with Crippen LogP contribution in [-0.4, -0.2) is 11.2 Å². The van der Waals surface area contributed by atoms with Crippen LogP contribution in [-0.2, 0) is 6.42 Å². The second kappa shape index (κ2) is 2.06. The molecule has 2 nitrogen and oxygen atoms in total. The molecule has 0 aromatic carbocycles. The van der Waals surface area contributed by atoms with Gasteiger partial charge in [-0.3, -0.25) is 0 Å². The molecule has 1 aliphatic rings. The van der Waals surface area contributed by atoms with Crippen molar-refractivity contribution in [1.29, 1.82) is 0 Å². The highest BCUT2D eigenvalue weighted by Gasteiger charge is 2.09. The summed E-state index contributed by atoms with van der Waals surface area (Å²) in [4.78, 5) is 8.08. The number of halogens is 1. The van der Waals surface area contributed by atoms with Crippen molar-refractivity contribution in [1.82, 2.24) is 4.98 Å². The van der Waals surface area contributed by atoms with Crippen LogP contribution in [0.2, 0.25) is 5.02 Å². The van der Waals surface area contributed by atoms with E-state index in [1.54, 1.807) is 12.3 Å². The number of fused-ring (bicyclic) bond motifs is 1. The molecule has 0 fully saturated rings. The molecular weight excluding hydrogens is 148 g/mol. The average Bonchev–Trinajstić information content (AvgIpc) is 2.36. The Bertz CT molecular complexity index is 294. The summed E-state index contributed by atoms with van der Waals surface area (Å²) in [6.07, 6.45) is 4.31. The molecular formula is C7H5ClN2. The maximum absolute atomic E-state index is 5.85. The Morgan fingerprint density at radius 2 is 2.40 bits per heavy atom. The van der Waals surface area contributed by atoms with Crippen molar-refractivity contribution in [2.24, 2.45) is 4.99 Å². The second-order valence-electron chi connectivity index (χ2n) is 2.11. The van der Waals surface area contributed by atoms with Gasteiger partial charge in [0.05, 0.1) is 0 Å². The summed E-state index contributed by atoms with van der Waals surface area (Å²) in [5.74, 6) is 0.771. The first-order valence-electron chi connectivity index (χ1n) is 3.04. The number of aromatic nitrogens is 1. The largest absolute Gasteiger partial charge is 0.241 e. The summed E-state index contributed by atoms with van der Waals surface area (Å²) in [5, 5.41) is 0.766. The molecule has 0 radical (unpaired) electrons. The first kappa shape index (κ1) is 5.86. The van der Waals surface area contributed by atoms with Gasteiger partial charge in [-0.2, -0.15) is 0 Å². The van der Waals surface area contributed by atoms with Gasteiger partial charge in [-0.15, -0.1) is 0 Å². The molecule has 0 saturated heterocycles. The zero-order chi connectivity index (χ0) is 6.97. The maximum atomic E-state index is 5.85. The molecule has 0 atom stereocenters. The van der Waals surface area contributed by atoms with E-state index in [2.05, 4.69) is 9.98 Å². The minimum Gasteiger partial charge on any atom is -0.241 e. The maximum Gasteiger partial charge on any atom is 0.156 e. The number of pyridine rings is 1. The van der Waals surface area contributed by atoms with Gasteiger partial charge >= 0.3 is 0 Å². The van der Waals surface area contributed by atoms with E-state index in [1.165, 1.54) is 0 Å². The summed E-state index contributed by atoms with van der Waals surface area (Å²) < 4.78 is 0. The van der Waals surface area contributed by atoms with Crippen molar-refractivity contribution in [3.63, 3.8) is 0 Å². The van der Waals surface area contributed by atoms with Crippen LogP contribution in [0, 0.1) is 0 Å². The first-order valence-corrected chi connectivity index (χ1v) is 3.41. The van der Waals surface area contributed by atoms with Crippen molar-refractivity contribution >= 4 is 23.6 Å². The standard InChI is InChI=1S/C7H5ClN2/c8-6-2-4-10-7-5(6)1-3-9-7/h2-4H,1H2. The van der Waals surface area contributed by atoms with Crippen LogP contribution in [0.4, 0.5) is 5.82 Å². The monoisotopic (exact) mass is 152 g/mol. The van der Waals surface area contributed by atoms with Crippen molar-refractivity contribution < 1.29 is 0 Å². The lowest BCUT2D eigenvalue weighted by atomic mass is 10.2. The average molecular weight is 153 g/mol. The molecule has 0 bridgehead atoms.